The molecule has 1 aliphatic rings. The minimum Gasteiger partial charge on any atom is -0.465 e. The maximum Gasteiger partial charge on any atom is 0.338 e. The lowest BCUT2D eigenvalue weighted by Crippen LogP contribution is -2.26. The predicted molar refractivity (Wildman–Crippen MR) is 88.2 cm³/mol. The maximum absolute atomic E-state index is 12.6. The third-order valence-electron chi connectivity index (χ3n) is 4.37. The molecular formula is C17H29O4P. The summed E-state index contributed by atoms with van der Waals surface area (Å²) in [7, 11) is -3.09. The second-order valence-corrected chi connectivity index (χ2v) is 9.13. The van der Waals surface area contributed by atoms with Crippen LogP contribution in [0.1, 0.15) is 58.1 Å². The first-order valence-corrected chi connectivity index (χ1v) is 9.98. The smallest absolute Gasteiger partial charge is 0.338 e. The fourth-order valence-corrected chi connectivity index (χ4v) is 4.68. The summed E-state index contributed by atoms with van der Waals surface area (Å²) < 4.78 is 29.3. The first kappa shape index (κ1) is 17.8. The van der Waals surface area contributed by atoms with Gasteiger partial charge in [-0.05, 0) is 49.7 Å². The van der Waals surface area contributed by atoms with Gasteiger partial charge in [0.25, 0.3) is 0 Å². The van der Waals surface area contributed by atoms with Gasteiger partial charge in [0.1, 0.15) is 17.7 Å². The van der Waals surface area contributed by atoms with Crippen molar-refractivity contribution in [2.24, 2.45) is 11.3 Å². The third-order valence-corrected chi connectivity index (χ3v) is 6.37. The Hall–Kier alpha value is -0.570. The van der Waals surface area contributed by atoms with Gasteiger partial charge in [0.05, 0.1) is 13.2 Å². The van der Waals surface area contributed by atoms with Crippen molar-refractivity contribution >= 4 is 7.60 Å². The molecule has 0 fully saturated rings. The van der Waals surface area contributed by atoms with E-state index in [1.54, 1.807) is 0 Å². The maximum atomic E-state index is 12.6. The average molecular weight is 328 g/mol. The molecular weight excluding hydrogens is 299 g/mol. The first-order valence-electron chi connectivity index (χ1n) is 8.26. The molecule has 0 aromatic carbocycles. The van der Waals surface area contributed by atoms with E-state index < -0.39 is 7.60 Å². The molecule has 0 spiro atoms. The summed E-state index contributed by atoms with van der Waals surface area (Å²) >= 11 is 0. The molecule has 1 aromatic rings. The number of aryl methyl sites for hydroxylation is 1. The van der Waals surface area contributed by atoms with E-state index in [9.17, 15) is 4.57 Å². The molecule has 1 unspecified atom stereocenters. The molecule has 1 heterocycles. The van der Waals surface area contributed by atoms with Crippen LogP contribution in [0.4, 0.5) is 0 Å². The van der Waals surface area contributed by atoms with E-state index in [0.717, 1.165) is 24.4 Å². The lowest BCUT2D eigenvalue weighted by molar-refractivity contribution is 0.201. The van der Waals surface area contributed by atoms with Gasteiger partial charge in [-0.25, -0.2) is 0 Å². The van der Waals surface area contributed by atoms with Crippen molar-refractivity contribution < 1.29 is 18.0 Å². The second kappa shape index (κ2) is 6.90. The molecule has 2 rings (SSSR count). The van der Waals surface area contributed by atoms with Crippen LogP contribution in [0.15, 0.2) is 10.5 Å². The van der Waals surface area contributed by atoms with Crippen LogP contribution in [0, 0.1) is 11.3 Å². The van der Waals surface area contributed by atoms with Crippen molar-refractivity contribution in [3.05, 3.63) is 23.2 Å². The number of furan rings is 1. The number of fused-ring (bicyclic) bond motifs is 1. The van der Waals surface area contributed by atoms with Crippen LogP contribution in [0.25, 0.3) is 0 Å². The fraction of sp³-hybridized carbons (Fsp3) is 0.765. The Morgan fingerprint density at radius 2 is 1.91 bits per heavy atom. The summed E-state index contributed by atoms with van der Waals surface area (Å²) in [5, 5.41) is 0. The molecule has 0 aliphatic heterocycles. The van der Waals surface area contributed by atoms with Crippen molar-refractivity contribution in [1.82, 2.24) is 0 Å². The highest BCUT2D eigenvalue weighted by molar-refractivity contribution is 7.53. The van der Waals surface area contributed by atoms with Crippen LogP contribution in [-0.4, -0.2) is 13.2 Å². The van der Waals surface area contributed by atoms with E-state index in [-0.39, 0.29) is 11.6 Å². The zero-order chi connectivity index (χ0) is 16.4. The number of hydrogen-bond donors (Lipinski definition) is 0. The zero-order valence-electron chi connectivity index (χ0n) is 14.5. The molecule has 0 amide bonds. The quantitative estimate of drug-likeness (QED) is 0.674. The molecule has 4 nitrogen and oxygen atoms in total. The Bertz CT molecular complexity index is 531. The van der Waals surface area contributed by atoms with Crippen LogP contribution in [0.2, 0.25) is 0 Å². The van der Waals surface area contributed by atoms with Gasteiger partial charge in [0, 0.05) is 6.42 Å². The van der Waals surface area contributed by atoms with E-state index in [2.05, 4.69) is 20.8 Å². The Labute approximate surface area is 134 Å². The largest absolute Gasteiger partial charge is 0.465 e. The third kappa shape index (κ3) is 4.24. The van der Waals surface area contributed by atoms with Crippen LogP contribution in [0.5, 0.6) is 0 Å². The lowest BCUT2D eigenvalue weighted by Gasteiger charge is -2.33. The Morgan fingerprint density at radius 1 is 1.27 bits per heavy atom. The molecule has 0 saturated heterocycles. The molecule has 5 heteroatoms. The van der Waals surface area contributed by atoms with Crippen molar-refractivity contribution in [2.45, 2.75) is 60.0 Å². The highest BCUT2D eigenvalue weighted by atomic mass is 31.2. The number of rotatable bonds is 6. The summed E-state index contributed by atoms with van der Waals surface area (Å²) in [5.41, 5.74) is 1.55. The molecule has 1 atom stereocenters. The standard InChI is InChI=1S/C17H29O4P/c1-6-19-22(18,20-7-2)12-15-10-13-8-9-14(17(3,4)5)11-16(13)21-15/h10,14H,6-9,11-12H2,1-5H3. The minimum atomic E-state index is -3.09. The van der Waals surface area contributed by atoms with E-state index in [1.165, 1.54) is 12.0 Å². The molecule has 0 saturated carbocycles. The van der Waals surface area contributed by atoms with Gasteiger partial charge in [-0.2, -0.15) is 0 Å². The Kier molecular flexibility index (Phi) is 5.58. The molecule has 0 N–H and O–H groups in total. The van der Waals surface area contributed by atoms with Crippen LogP contribution >= 0.6 is 7.60 Å². The SMILES string of the molecule is CCOP(=O)(Cc1cc2c(o1)CC(C(C)(C)C)CC2)OCC. The Morgan fingerprint density at radius 3 is 2.45 bits per heavy atom. The lowest BCUT2D eigenvalue weighted by atomic mass is 9.72. The summed E-state index contributed by atoms with van der Waals surface area (Å²) in [6.07, 6.45) is 3.41. The van der Waals surface area contributed by atoms with Gasteiger partial charge >= 0.3 is 7.60 Å². The van der Waals surface area contributed by atoms with E-state index in [0.29, 0.717) is 19.1 Å². The molecule has 1 aliphatic carbocycles. The normalized spacial score (nSPS) is 19.2. The van der Waals surface area contributed by atoms with Crippen molar-refractivity contribution in [1.29, 1.82) is 0 Å². The minimum absolute atomic E-state index is 0.224. The molecule has 22 heavy (non-hydrogen) atoms. The zero-order valence-corrected chi connectivity index (χ0v) is 15.4. The van der Waals surface area contributed by atoms with Gasteiger partial charge < -0.3 is 13.5 Å². The fourth-order valence-electron chi connectivity index (χ4n) is 3.10. The molecule has 1 aromatic heterocycles. The van der Waals surface area contributed by atoms with E-state index >= 15 is 0 Å². The first-order chi connectivity index (χ1) is 10.3. The summed E-state index contributed by atoms with van der Waals surface area (Å²) in [6.45, 7) is 11.3. The molecule has 126 valence electrons. The van der Waals surface area contributed by atoms with Crippen LogP contribution in [-0.2, 0) is 32.6 Å². The van der Waals surface area contributed by atoms with E-state index in [4.69, 9.17) is 13.5 Å². The molecule has 0 bridgehead atoms. The van der Waals surface area contributed by atoms with Crippen LogP contribution < -0.4 is 0 Å². The summed E-state index contributed by atoms with van der Waals surface area (Å²) in [6, 6.07) is 2.04. The van der Waals surface area contributed by atoms with Crippen molar-refractivity contribution in [3.8, 4) is 0 Å². The highest BCUT2D eigenvalue weighted by Crippen LogP contribution is 2.52. The van der Waals surface area contributed by atoms with Gasteiger partial charge in [-0.1, -0.05) is 20.8 Å². The van der Waals surface area contributed by atoms with Crippen LogP contribution in [0.3, 0.4) is 0 Å². The number of hydrogen-bond acceptors (Lipinski definition) is 4. The van der Waals surface area contributed by atoms with Gasteiger partial charge in [0.2, 0.25) is 0 Å². The molecule has 0 radical (unpaired) electrons. The second-order valence-electron chi connectivity index (χ2n) is 7.07. The van der Waals surface area contributed by atoms with Gasteiger partial charge in [-0.3, -0.25) is 4.57 Å². The predicted octanol–water partition coefficient (Wildman–Crippen LogP) is 5.20. The Balaban J connectivity index is 2.13. The van der Waals surface area contributed by atoms with Crippen molar-refractivity contribution in [3.63, 3.8) is 0 Å². The highest BCUT2D eigenvalue weighted by Gasteiger charge is 2.32. The van der Waals surface area contributed by atoms with E-state index in [1.807, 2.05) is 19.9 Å². The van der Waals surface area contributed by atoms with Gasteiger partial charge in [-0.15, -0.1) is 0 Å². The van der Waals surface area contributed by atoms with Crippen molar-refractivity contribution in [2.75, 3.05) is 13.2 Å². The topological polar surface area (TPSA) is 48.7 Å². The average Bonchev–Trinajstić information content (AvgIpc) is 2.78. The summed E-state index contributed by atoms with van der Waals surface area (Å²) in [4.78, 5) is 0. The summed E-state index contributed by atoms with van der Waals surface area (Å²) in [5.74, 6) is 2.41. The monoisotopic (exact) mass is 328 g/mol. The van der Waals surface area contributed by atoms with Gasteiger partial charge in [0.15, 0.2) is 0 Å².